The molecule has 0 amide bonds. The molecule has 2 aromatic rings. The summed E-state index contributed by atoms with van der Waals surface area (Å²) in [6.07, 6.45) is 9.18. The molecule has 1 heterocycles. The Hall–Kier alpha value is -1.83. The van der Waals surface area contributed by atoms with Gasteiger partial charge in [0.05, 0.1) is 7.11 Å². The molecule has 0 fully saturated rings. The van der Waals surface area contributed by atoms with Crippen LogP contribution >= 0.6 is 0 Å². The minimum absolute atomic E-state index is 0.853. The molecule has 0 saturated heterocycles. The highest BCUT2D eigenvalue weighted by atomic mass is 16.5. The number of hydrogen-bond acceptors (Lipinski definition) is 2. The summed E-state index contributed by atoms with van der Waals surface area (Å²) in [7, 11) is 1.70. The van der Waals surface area contributed by atoms with Crippen molar-refractivity contribution in [2.45, 2.75) is 25.7 Å². The van der Waals surface area contributed by atoms with Gasteiger partial charge in [0.1, 0.15) is 11.3 Å². The van der Waals surface area contributed by atoms with Crippen LogP contribution < -0.4 is 4.74 Å². The van der Waals surface area contributed by atoms with Crippen molar-refractivity contribution in [1.29, 1.82) is 0 Å². The van der Waals surface area contributed by atoms with E-state index < -0.39 is 0 Å². The third-order valence-corrected chi connectivity index (χ3v) is 3.59. The smallest absolute Gasteiger partial charge is 0.145 e. The van der Waals surface area contributed by atoms with E-state index in [0.717, 1.165) is 11.3 Å². The van der Waals surface area contributed by atoms with E-state index in [1.807, 2.05) is 18.3 Å². The first-order valence-electron chi connectivity index (χ1n) is 6.51. The van der Waals surface area contributed by atoms with Gasteiger partial charge in [-0.15, -0.1) is 0 Å². The molecule has 3 rings (SSSR count). The Morgan fingerprint density at radius 3 is 2.89 bits per heavy atom. The zero-order valence-corrected chi connectivity index (χ0v) is 10.6. The third kappa shape index (κ3) is 1.88. The number of benzene rings is 1. The summed E-state index contributed by atoms with van der Waals surface area (Å²) in [5.41, 5.74) is 3.74. The minimum atomic E-state index is 0.853. The fourth-order valence-electron chi connectivity index (χ4n) is 2.67. The van der Waals surface area contributed by atoms with Crippen molar-refractivity contribution in [1.82, 2.24) is 4.98 Å². The Balaban J connectivity index is 2.21. The zero-order valence-electron chi connectivity index (χ0n) is 10.6. The molecule has 0 radical (unpaired) electrons. The number of ether oxygens (including phenoxy) is 1. The van der Waals surface area contributed by atoms with Gasteiger partial charge in [0.25, 0.3) is 0 Å². The summed E-state index contributed by atoms with van der Waals surface area (Å²) >= 11 is 0. The van der Waals surface area contributed by atoms with Crippen LogP contribution in [-0.2, 0) is 0 Å². The molecule has 0 saturated carbocycles. The van der Waals surface area contributed by atoms with Crippen LogP contribution in [0.1, 0.15) is 31.2 Å². The second-order valence-electron chi connectivity index (χ2n) is 4.69. The molecule has 0 spiro atoms. The number of pyridine rings is 1. The maximum absolute atomic E-state index is 5.39. The van der Waals surface area contributed by atoms with Crippen LogP contribution in [0.25, 0.3) is 16.5 Å². The Bertz CT molecular complexity index is 601. The quantitative estimate of drug-likeness (QED) is 0.783. The topological polar surface area (TPSA) is 22.1 Å². The largest absolute Gasteiger partial charge is 0.494 e. The predicted octanol–water partition coefficient (Wildman–Crippen LogP) is 4.20. The molecule has 0 N–H and O–H groups in total. The van der Waals surface area contributed by atoms with Gasteiger partial charge in [-0.1, -0.05) is 18.2 Å². The number of allylic oxidation sites excluding steroid dienone is 2. The van der Waals surface area contributed by atoms with E-state index in [9.17, 15) is 0 Å². The molecule has 0 unspecified atom stereocenters. The van der Waals surface area contributed by atoms with Crippen LogP contribution in [0.3, 0.4) is 0 Å². The maximum atomic E-state index is 5.39. The molecular formula is C16H17NO. The van der Waals surface area contributed by atoms with Crippen LogP contribution in [0.4, 0.5) is 0 Å². The highest BCUT2D eigenvalue weighted by molar-refractivity contribution is 5.95. The van der Waals surface area contributed by atoms with Crippen molar-refractivity contribution in [3.63, 3.8) is 0 Å². The third-order valence-electron chi connectivity index (χ3n) is 3.59. The van der Waals surface area contributed by atoms with Gasteiger partial charge < -0.3 is 4.74 Å². The van der Waals surface area contributed by atoms with E-state index in [4.69, 9.17) is 4.74 Å². The lowest BCUT2D eigenvalue weighted by atomic mass is 9.91. The predicted molar refractivity (Wildman–Crippen MR) is 74.7 cm³/mol. The summed E-state index contributed by atoms with van der Waals surface area (Å²) in [5.74, 6) is 0.853. The summed E-state index contributed by atoms with van der Waals surface area (Å²) in [6, 6.07) is 8.32. The van der Waals surface area contributed by atoms with Crippen LogP contribution in [0.15, 0.2) is 36.5 Å². The lowest BCUT2D eigenvalue weighted by Gasteiger charge is -2.16. The van der Waals surface area contributed by atoms with E-state index in [1.165, 1.54) is 42.2 Å². The second kappa shape index (κ2) is 4.81. The monoisotopic (exact) mass is 239 g/mol. The van der Waals surface area contributed by atoms with Crippen molar-refractivity contribution in [3.05, 3.63) is 42.1 Å². The van der Waals surface area contributed by atoms with Gasteiger partial charge in [-0.05, 0) is 49.0 Å². The average Bonchev–Trinajstić information content (AvgIpc) is 2.47. The zero-order chi connectivity index (χ0) is 12.4. The Labute approximate surface area is 107 Å². The minimum Gasteiger partial charge on any atom is -0.494 e. The number of aromatic nitrogens is 1. The summed E-state index contributed by atoms with van der Waals surface area (Å²) in [4.78, 5) is 4.46. The number of rotatable bonds is 2. The number of hydrogen-bond donors (Lipinski definition) is 0. The molecule has 1 aromatic heterocycles. The van der Waals surface area contributed by atoms with Crippen LogP contribution in [0.2, 0.25) is 0 Å². The molecule has 2 heteroatoms. The van der Waals surface area contributed by atoms with Crippen molar-refractivity contribution >= 4 is 16.5 Å². The molecule has 1 aliphatic rings. The first-order chi connectivity index (χ1) is 8.90. The standard InChI is InChI=1S/C16H17NO/c1-18-15-10-9-13(12-6-3-2-4-7-12)14-8-5-11-17-16(14)15/h5-6,8-11H,2-4,7H2,1H3. The van der Waals surface area contributed by atoms with Crippen molar-refractivity contribution < 1.29 is 4.74 Å². The number of fused-ring (bicyclic) bond motifs is 1. The van der Waals surface area contributed by atoms with Gasteiger partial charge >= 0.3 is 0 Å². The van der Waals surface area contributed by atoms with E-state index in [2.05, 4.69) is 23.2 Å². The van der Waals surface area contributed by atoms with E-state index >= 15 is 0 Å². The van der Waals surface area contributed by atoms with E-state index in [1.54, 1.807) is 7.11 Å². The van der Waals surface area contributed by atoms with Crippen LogP contribution in [0.5, 0.6) is 5.75 Å². The van der Waals surface area contributed by atoms with Crippen LogP contribution in [-0.4, -0.2) is 12.1 Å². The fourth-order valence-corrected chi connectivity index (χ4v) is 2.67. The van der Waals surface area contributed by atoms with Gasteiger partial charge in [-0.3, -0.25) is 4.98 Å². The SMILES string of the molecule is COc1ccc(C2=CCCCC2)c2cccnc12. The molecule has 18 heavy (non-hydrogen) atoms. The lowest BCUT2D eigenvalue weighted by Crippen LogP contribution is -1.95. The maximum Gasteiger partial charge on any atom is 0.145 e. The first kappa shape index (κ1) is 11.3. The lowest BCUT2D eigenvalue weighted by molar-refractivity contribution is 0.419. The Morgan fingerprint density at radius 1 is 1.17 bits per heavy atom. The Morgan fingerprint density at radius 2 is 2.11 bits per heavy atom. The van der Waals surface area contributed by atoms with Gasteiger partial charge in [-0.2, -0.15) is 0 Å². The van der Waals surface area contributed by atoms with E-state index in [0.29, 0.717) is 0 Å². The fraction of sp³-hybridized carbons (Fsp3) is 0.312. The average molecular weight is 239 g/mol. The van der Waals surface area contributed by atoms with Crippen molar-refractivity contribution in [2.75, 3.05) is 7.11 Å². The molecule has 0 atom stereocenters. The highest BCUT2D eigenvalue weighted by Gasteiger charge is 2.12. The molecule has 2 nitrogen and oxygen atoms in total. The van der Waals surface area contributed by atoms with Gasteiger partial charge in [0.15, 0.2) is 0 Å². The van der Waals surface area contributed by atoms with Crippen LogP contribution in [0, 0.1) is 0 Å². The molecule has 0 bridgehead atoms. The van der Waals surface area contributed by atoms with E-state index in [-0.39, 0.29) is 0 Å². The normalized spacial score (nSPS) is 15.5. The number of nitrogens with zero attached hydrogens (tertiary/aromatic N) is 1. The molecule has 0 aliphatic heterocycles. The molecular weight excluding hydrogens is 222 g/mol. The number of methoxy groups -OCH3 is 1. The highest BCUT2D eigenvalue weighted by Crippen LogP contribution is 2.34. The van der Waals surface area contributed by atoms with Gasteiger partial charge in [0, 0.05) is 11.6 Å². The molecule has 1 aliphatic carbocycles. The van der Waals surface area contributed by atoms with Crippen molar-refractivity contribution in [2.24, 2.45) is 0 Å². The summed E-state index contributed by atoms with van der Waals surface area (Å²) in [5, 5.41) is 1.20. The first-order valence-corrected chi connectivity index (χ1v) is 6.51. The summed E-state index contributed by atoms with van der Waals surface area (Å²) in [6.45, 7) is 0. The summed E-state index contributed by atoms with van der Waals surface area (Å²) < 4.78 is 5.39. The second-order valence-corrected chi connectivity index (χ2v) is 4.69. The van der Waals surface area contributed by atoms with Gasteiger partial charge in [0.2, 0.25) is 0 Å². The molecule has 92 valence electrons. The van der Waals surface area contributed by atoms with Crippen molar-refractivity contribution in [3.8, 4) is 5.75 Å². The van der Waals surface area contributed by atoms with Gasteiger partial charge in [-0.25, -0.2) is 0 Å². The Kier molecular flexibility index (Phi) is 3.01. The molecule has 1 aromatic carbocycles.